The quantitative estimate of drug-likeness (QED) is 0.833. The van der Waals surface area contributed by atoms with Crippen LogP contribution in [-0.2, 0) is 4.79 Å². The molecule has 3 N–H and O–H groups in total. The number of carboxylic acid groups (broad SMARTS) is 1. The molecule has 0 aliphatic heterocycles. The first-order valence-electron chi connectivity index (χ1n) is 4.94. The van der Waals surface area contributed by atoms with E-state index in [-0.39, 0.29) is 17.0 Å². The molecule has 0 radical (unpaired) electrons. The molecule has 1 aromatic rings. The molecule has 0 spiro atoms. The number of aliphatic carboxylic acids is 1. The molecule has 0 unspecified atom stereocenters. The van der Waals surface area contributed by atoms with E-state index in [2.05, 4.69) is 0 Å². The Labute approximate surface area is 104 Å². The van der Waals surface area contributed by atoms with Crippen molar-refractivity contribution >= 4 is 29.2 Å². The number of primary amides is 1. The van der Waals surface area contributed by atoms with E-state index < -0.39 is 11.9 Å². The zero-order valence-corrected chi connectivity index (χ0v) is 10.1. The molecular weight excluding hydrogens is 244 g/mol. The van der Waals surface area contributed by atoms with E-state index in [9.17, 15) is 9.59 Å². The molecule has 92 valence electrons. The Morgan fingerprint density at radius 1 is 1.47 bits per heavy atom. The van der Waals surface area contributed by atoms with Gasteiger partial charge in [-0.15, -0.1) is 0 Å². The van der Waals surface area contributed by atoms with Crippen molar-refractivity contribution in [3.05, 3.63) is 28.8 Å². The van der Waals surface area contributed by atoms with Crippen LogP contribution in [0.4, 0.5) is 5.69 Å². The lowest BCUT2D eigenvalue weighted by atomic mass is 10.2. The lowest BCUT2D eigenvalue weighted by Gasteiger charge is -2.18. The van der Waals surface area contributed by atoms with Crippen LogP contribution in [0.3, 0.4) is 0 Å². The van der Waals surface area contributed by atoms with Crippen molar-refractivity contribution in [3.8, 4) is 0 Å². The van der Waals surface area contributed by atoms with Gasteiger partial charge in [-0.1, -0.05) is 11.6 Å². The number of nitrogens with two attached hydrogens (primary N) is 1. The molecule has 17 heavy (non-hydrogen) atoms. The summed E-state index contributed by atoms with van der Waals surface area (Å²) in [6.07, 6.45) is 0.0334. The van der Waals surface area contributed by atoms with Crippen LogP contribution in [0, 0.1) is 0 Å². The van der Waals surface area contributed by atoms with Gasteiger partial charge in [0.1, 0.15) is 0 Å². The molecule has 0 saturated heterocycles. The first-order valence-corrected chi connectivity index (χ1v) is 5.32. The highest BCUT2D eigenvalue weighted by Crippen LogP contribution is 2.22. The molecule has 1 rings (SSSR count). The summed E-state index contributed by atoms with van der Waals surface area (Å²) in [5, 5.41) is 8.83. The number of rotatable bonds is 5. The number of amides is 1. The largest absolute Gasteiger partial charge is 0.481 e. The standard InChI is InChI=1S/C11H13ClN2O3/c1-14(5-4-10(15)16)7-2-3-8(11(13)17)9(12)6-7/h2-3,6H,4-5H2,1H3,(H2,13,17)(H,15,16). The minimum absolute atomic E-state index is 0.0334. The van der Waals surface area contributed by atoms with E-state index in [4.69, 9.17) is 22.4 Å². The smallest absolute Gasteiger partial charge is 0.305 e. The van der Waals surface area contributed by atoms with Gasteiger partial charge >= 0.3 is 5.97 Å². The normalized spacial score (nSPS) is 10.0. The number of nitrogens with zero attached hydrogens (tertiary/aromatic N) is 1. The first-order chi connectivity index (χ1) is 7.91. The molecule has 0 aliphatic carbocycles. The minimum Gasteiger partial charge on any atom is -0.481 e. The summed E-state index contributed by atoms with van der Waals surface area (Å²) in [7, 11) is 1.75. The van der Waals surface area contributed by atoms with Gasteiger partial charge in [0.15, 0.2) is 0 Å². The number of carbonyl (C=O) groups excluding carboxylic acids is 1. The van der Waals surface area contributed by atoms with Gasteiger partial charge in [-0.05, 0) is 18.2 Å². The van der Waals surface area contributed by atoms with Gasteiger partial charge in [0.25, 0.3) is 0 Å². The third-order valence-corrected chi connectivity index (χ3v) is 2.63. The maximum atomic E-state index is 11.0. The molecule has 0 saturated carbocycles. The van der Waals surface area contributed by atoms with Crippen molar-refractivity contribution in [1.82, 2.24) is 0 Å². The van der Waals surface area contributed by atoms with Gasteiger partial charge in [-0.25, -0.2) is 0 Å². The summed E-state index contributed by atoms with van der Waals surface area (Å²) in [6, 6.07) is 4.79. The van der Waals surface area contributed by atoms with Crippen molar-refractivity contribution in [1.29, 1.82) is 0 Å². The second-order valence-electron chi connectivity index (χ2n) is 3.59. The van der Waals surface area contributed by atoms with Crippen LogP contribution in [0.2, 0.25) is 5.02 Å². The van der Waals surface area contributed by atoms with Crippen LogP contribution in [0.5, 0.6) is 0 Å². The maximum absolute atomic E-state index is 11.0. The minimum atomic E-state index is -0.864. The summed E-state index contributed by atoms with van der Waals surface area (Å²) in [5.41, 5.74) is 6.11. The topological polar surface area (TPSA) is 83.6 Å². The van der Waals surface area contributed by atoms with Gasteiger partial charge in [0, 0.05) is 19.3 Å². The molecule has 1 amide bonds. The van der Waals surface area contributed by atoms with Crippen molar-refractivity contribution in [2.75, 3.05) is 18.5 Å². The van der Waals surface area contributed by atoms with Crippen LogP contribution < -0.4 is 10.6 Å². The summed E-state index contributed by atoms with van der Waals surface area (Å²) >= 11 is 5.89. The zero-order chi connectivity index (χ0) is 13.0. The number of carboxylic acids is 1. The first kappa shape index (κ1) is 13.3. The fourth-order valence-corrected chi connectivity index (χ4v) is 1.60. The van der Waals surface area contributed by atoms with Gasteiger partial charge < -0.3 is 15.7 Å². The molecule has 0 bridgehead atoms. The third kappa shape index (κ3) is 3.64. The summed E-state index contributed by atoms with van der Waals surface area (Å²) in [5.74, 6) is -1.45. The second kappa shape index (κ2) is 5.54. The van der Waals surface area contributed by atoms with Gasteiger partial charge in [-0.3, -0.25) is 9.59 Å². The Morgan fingerprint density at radius 2 is 2.12 bits per heavy atom. The van der Waals surface area contributed by atoms with Gasteiger partial charge in [0.2, 0.25) is 5.91 Å². The molecule has 0 fully saturated rings. The van der Waals surface area contributed by atoms with E-state index in [0.717, 1.165) is 5.69 Å². The van der Waals surface area contributed by atoms with Crippen molar-refractivity contribution in [2.45, 2.75) is 6.42 Å². The number of hydrogen-bond acceptors (Lipinski definition) is 3. The highest BCUT2D eigenvalue weighted by Gasteiger charge is 2.09. The predicted molar refractivity (Wildman–Crippen MR) is 65.5 cm³/mol. The molecule has 1 aromatic carbocycles. The molecule has 0 aromatic heterocycles. The van der Waals surface area contributed by atoms with E-state index in [1.54, 1.807) is 24.1 Å². The maximum Gasteiger partial charge on any atom is 0.305 e. The van der Waals surface area contributed by atoms with Crippen LogP contribution >= 0.6 is 11.6 Å². The number of anilines is 1. The molecular formula is C11H13ClN2O3. The predicted octanol–water partition coefficient (Wildman–Crippen LogP) is 1.35. The fourth-order valence-electron chi connectivity index (χ4n) is 1.33. The molecule has 0 aliphatic rings. The van der Waals surface area contributed by atoms with Gasteiger partial charge in [0.05, 0.1) is 17.0 Å². The lowest BCUT2D eigenvalue weighted by Crippen LogP contribution is -2.21. The van der Waals surface area contributed by atoms with Crippen LogP contribution in [-0.4, -0.2) is 30.6 Å². The van der Waals surface area contributed by atoms with Crippen molar-refractivity contribution in [2.24, 2.45) is 5.73 Å². The van der Waals surface area contributed by atoms with Crippen LogP contribution in [0.25, 0.3) is 0 Å². The van der Waals surface area contributed by atoms with Crippen molar-refractivity contribution < 1.29 is 14.7 Å². The number of hydrogen-bond donors (Lipinski definition) is 2. The Kier molecular flexibility index (Phi) is 4.34. The summed E-state index contributed by atoms with van der Waals surface area (Å²) in [4.78, 5) is 23.1. The summed E-state index contributed by atoms with van der Waals surface area (Å²) < 4.78 is 0. The zero-order valence-electron chi connectivity index (χ0n) is 9.31. The Bertz CT molecular complexity index is 448. The molecule has 0 heterocycles. The number of halogens is 1. The van der Waals surface area contributed by atoms with E-state index in [0.29, 0.717) is 6.54 Å². The average Bonchev–Trinajstić information content (AvgIpc) is 2.25. The van der Waals surface area contributed by atoms with E-state index in [1.165, 1.54) is 6.07 Å². The third-order valence-electron chi connectivity index (χ3n) is 2.32. The Hall–Kier alpha value is -1.75. The number of carbonyl (C=O) groups is 2. The fraction of sp³-hybridized carbons (Fsp3) is 0.273. The Balaban J connectivity index is 2.82. The monoisotopic (exact) mass is 256 g/mol. The highest BCUT2D eigenvalue weighted by atomic mass is 35.5. The highest BCUT2D eigenvalue weighted by molar-refractivity contribution is 6.34. The molecule has 6 heteroatoms. The molecule has 5 nitrogen and oxygen atoms in total. The van der Waals surface area contributed by atoms with Gasteiger partial charge in [-0.2, -0.15) is 0 Å². The van der Waals surface area contributed by atoms with Crippen LogP contribution in [0.1, 0.15) is 16.8 Å². The Morgan fingerprint density at radius 3 is 2.59 bits per heavy atom. The number of benzene rings is 1. The summed E-state index contributed by atoms with van der Waals surface area (Å²) in [6.45, 7) is 0.363. The second-order valence-corrected chi connectivity index (χ2v) is 4.00. The molecule has 0 atom stereocenters. The lowest BCUT2D eigenvalue weighted by molar-refractivity contribution is -0.136. The van der Waals surface area contributed by atoms with E-state index in [1.807, 2.05) is 0 Å². The van der Waals surface area contributed by atoms with Crippen molar-refractivity contribution in [3.63, 3.8) is 0 Å². The van der Waals surface area contributed by atoms with E-state index >= 15 is 0 Å². The van der Waals surface area contributed by atoms with Crippen LogP contribution in [0.15, 0.2) is 18.2 Å². The SMILES string of the molecule is CN(CCC(=O)O)c1ccc(C(N)=O)c(Cl)c1. The average molecular weight is 257 g/mol.